The van der Waals surface area contributed by atoms with Crippen LogP contribution in [0.3, 0.4) is 0 Å². The molecule has 0 saturated carbocycles. The number of carboxylic acid groups (broad SMARTS) is 1. The van der Waals surface area contributed by atoms with Gasteiger partial charge in [-0.1, -0.05) is 48.0 Å². The topological polar surface area (TPSA) is 79.3 Å². The van der Waals surface area contributed by atoms with E-state index in [9.17, 15) is 22.8 Å². The monoisotopic (exact) mass is 454 g/mol. The summed E-state index contributed by atoms with van der Waals surface area (Å²) >= 11 is 7.26. The minimum Gasteiger partial charge on any atom is -0.481 e. The van der Waals surface area contributed by atoms with Gasteiger partial charge in [-0.05, 0) is 17.7 Å². The van der Waals surface area contributed by atoms with Crippen LogP contribution in [0, 0.1) is 0 Å². The quantitative estimate of drug-likeness (QED) is 0.520. The van der Waals surface area contributed by atoms with E-state index >= 15 is 0 Å². The van der Waals surface area contributed by atoms with Crippen LogP contribution in [0.5, 0.6) is 0 Å². The number of carbonyl (C=O) groups excluding carboxylic acids is 1. The first-order chi connectivity index (χ1) is 14.2. The van der Waals surface area contributed by atoms with Crippen LogP contribution < -0.4 is 5.32 Å². The highest BCUT2D eigenvalue weighted by Crippen LogP contribution is 2.36. The molecule has 1 atom stereocenters. The summed E-state index contributed by atoms with van der Waals surface area (Å²) in [7, 11) is 0. The van der Waals surface area contributed by atoms with E-state index in [1.165, 1.54) is 17.5 Å². The van der Waals surface area contributed by atoms with Crippen molar-refractivity contribution in [2.75, 3.05) is 0 Å². The third-order valence-electron chi connectivity index (χ3n) is 4.17. The molecule has 0 aliphatic rings. The minimum absolute atomic E-state index is 0.0465. The van der Waals surface area contributed by atoms with Crippen molar-refractivity contribution in [2.45, 2.75) is 18.6 Å². The van der Waals surface area contributed by atoms with Gasteiger partial charge in [-0.2, -0.15) is 13.2 Å². The zero-order chi connectivity index (χ0) is 21.9. The van der Waals surface area contributed by atoms with Crippen LogP contribution in [0.25, 0.3) is 10.6 Å². The van der Waals surface area contributed by atoms with Crippen molar-refractivity contribution in [1.29, 1.82) is 0 Å². The number of aromatic nitrogens is 1. The molecule has 10 heteroatoms. The number of hydrogen-bond donors (Lipinski definition) is 2. The predicted molar refractivity (Wildman–Crippen MR) is 106 cm³/mol. The van der Waals surface area contributed by atoms with Crippen LogP contribution in [-0.2, 0) is 11.0 Å². The highest BCUT2D eigenvalue weighted by atomic mass is 35.5. The fraction of sp³-hybridized carbons (Fsp3) is 0.150. The SMILES string of the molecule is O=C(O)C[C@H](NC(=O)c1csc(-c2ccccc2Cl)n1)c1ccccc1C(F)(F)F. The van der Waals surface area contributed by atoms with Gasteiger partial charge in [-0.25, -0.2) is 4.98 Å². The fourth-order valence-corrected chi connectivity index (χ4v) is 3.96. The van der Waals surface area contributed by atoms with Gasteiger partial charge in [0.25, 0.3) is 5.91 Å². The number of hydrogen-bond acceptors (Lipinski definition) is 4. The molecule has 0 saturated heterocycles. The Morgan fingerprint density at radius 1 is 1.13 bits per heavy atom. The standard InChI is InChI=1S/C20H14ClF3N2O3S/c21-14-8-4-2-6-12(14)19-26-16(10-30-19)18(29)25-15(9-17(27)28)11-5-1-3-7-13(11)20(22,23)24/h1-8,10,15H,9H2,(H,25,29)(H,27,28)/t15-/m0/s1. The maximum Gasteiger partial charge on any atom is 0.416 e. The van der Waals surface area contributed by atoms with E-state index in [0.29, 0.717) is 15.6 Å². The van der Waals surface area contributed by atoms with Crippen LogP contribution in [-0.4, -0.2) is 22.0 Å². The summed E-state index contributed by atoms with van der Waals surface area (Å²) in [6, 6.07) is 10.0. The molecule has 0 unspecified atom stereocenters. The molecule has 1 aromatic heterocycles. The summed E-state index contributed by atoms with van der Waals surface area (Å²) in [5.41, 5.74) is -0.781. The second kappa shape index (κ2) is 8.85. The number of benzene rings is 2. The second-order valence-electron chi connectivity index (χ2n) is 6.23. The van der Waals surface area contributed by atoms with E-state index in [-0.39, 0.29) is 11.3 Å². The number of halogens is 4. The number of carboxylic acids is 1. The summed E-state index contributed by atoms with van der Waals surface area (Å²) in [5.74, 6) is -2.14. The van der Waals surface area contributed by atoms with Crippen molar-refractivity contribution in [1.82, 2.24) is 10.3 Å². The van der Waals surface area contributed by atoms with Crippen molar-refractivity contribution in [3.05, 3.63) is 75.8 Å². The Kier molecular flexibility index (Phi) is 6.42. The molecule has 2 aromatic carbocycles. The molecule has 5 nitrogen and oxygen atoms in total. The molecule has 0 bridgehead atoms. The first-order valence-corrected chi connectivity index (χ1v) is 9.81. The predicted octanol–water partition coefficient (Wildman–Crippen LogP) is 5.43. The molecular formula is C20H14ClF3N2O3S. The molecule has 3 aromatic rings. The van der Waals surface area contributed by atoms with Crippen LogP contribution in [0.1, 0.15) is 34.1 Å². The third-order valence-corrected chi connectivity index (χ3v) is 5.37. The van der Waals surface area contributed by atoms with Crippen molar-refractivity contribution >= 4 is 34.8 Å². The summed E-state index contributed by atoms with van der Waals surface area (Å²) in [6.07, 6.45) is -5.42. The van der Waals surface area contributed by atoms with Crippen molar-refractivity contribution in [3.63, 3.8) is 0 Å². The van der Waals surface area contributed by atoms with Gasteiger partial charge in [0.2, 0.25) is 0 Å². The maximum absolute atomic E-state index is 13.4. The second-order valence-corrected chi connectivity index (χ2v) is 7.49. The largest absolute Gasteiger partial charge is 0.481 e. The molecule has 156 valence electrons. The maximum atomic E-state index is 13.4. The summed E-state index contributed by atoms with van der Waals surface area (Å²) in [5, 5.41) is 13.8. The Morgan fingerprint density at radius 3 is 2.47 bits per heavy atom. The molecule has 30 heavy (non-hydrogen) atoms. The lowest BCUT2D eigenvalue weighted by Gasteiger charge is -2.21. The van der Waals surface area contributed by atoms with Crippen LogP contribution in [0.15, 0.2) is 53.9 Å². The van der Waals surface area contributed by atoms with E-state index in [2.05, 4.69) is 10.3 Å². The van der Waals surface area contributed by atoms with E-state index in [4.69, 9.17) is 16.7 Å². The molecule has 2 N–H and O–H groups in total. The zero-order valence-corrected chi connectivity index (χ0v) is 16.7. The fourth-order valence-electron chi connectivity index (χ4n) is 2.84. The normalized spacial score (nSPS) is 12.4. The molecule has 0 spiro atoms. The molecule has 1 heterocycles. The van der Waals surface area contributed by atoms with Gasteiger partial charge in [0.1, 0.15) is 10.7 Å². The summed E-state index contributed by atoms with van der Waals surface area (Å²) in [4.78, 5) is 28.0. The first-order valence-electron chi connectivity index (χ1n) is 8.56. The Labute approximate surface area is 178 Å². The number of alkyl halides is 3. The van der Waals surface area contributed by atoms with Crippen molar-refractivity contribution in [3.8, 4) is 10.6 Å². The average molecular weight is 455 g/mol. The number of nitrogens with zero attached hydrogens (tertiary/aromatic N) is 1. The zero-order valence-electron chi connectivity index (χ0n) is 15.1. The highest BCUT2D eigenvalue weighted by molar-refractivity contribution is 7.13. The molecule has 1 amide bonds. The Balaban J connectivity index is 1.90. The molecular weight excluding hydrogens is 441 g/mol. The lowest BCUT2D eigenvalue weighted by atomic mass is 9.97. The lowest BCUT2D eigenvalue weighted by Crippen LogP contribution is -2.32. The van der Waals surface area contributed by atoms with Crippen LogP contribution in [0.4, 0.5) is 13.2 Å². The molecule has 0 aliphatic heterocycles. The molecule has 3 rings (SSSR count). The van der Waals surface area contributed by atoms with Crippen molar-refractivity contribution < 1.29 is 27.9 Å². The molecule has 0 radical (unpaired) electrons. The van der Waals surface area contributed by atoms with E-state index in [1.54, 1.807) is 24.3 Å². The minimum atomic E-state index is -4.70. The Bertz CT molecular complexity index is 1080. The number of nitrogens with one attached hydrogen (secondary N) is 1. The smallest absolute Gasteiger partial charge is 0.416 e. The van der Waals surface area contributed by atoms with E-state index < -0.39 is 36.1 Å². The van der Waals surface area contributed by atoms with E-state index in [0.717, 1.165) is 23.5 Å². The number of thiazole rings is 1. The van der Waals surface area contributed by atoms with Gasteiger partial charge < -0.3 is 10.4 Å². The van der Waals surface area contributed by atoms with Crippen LogP contribution >= 0.6 is 22.9 Å². The van der Waals surface area contributed by atoms with E-state index in [1.807, 2.05) is 0 Å². The van der Waals surface area contributed by atoms with Gasteiger partial charge in [-0.15, -0.1) is 11.3 Å². The number of carbonyl (C=O) groups is 2. The molecule has 0 fully saturated rings. The van der Waals surface area contributed by atoms with Gasteiger partial charge in [0.05, 0.1) is 23.0 Å². The molecule has 0 aliphatic carbocycles. The van der Waals surface area contributed by atoms with Crippen molar-refractivity contribution in [2.24, 2.45) is 0 Å². The van der Waals surface area contributed by atoms with Gasteiger partial charge in [0, 0.05) is 10.9 Å². The first kappa shape index (κ1) is 21.8. The third kappa shape index (κ3) is 4.98. The Morgan fingerprint density at radius 2 is 1.80 bits per heavy atom. The van der Waals surface area contributed by atoms with Gasteiger partial charge in [0.15, 0.2) is 0 Å². The van der Waals surface area contributed by atoms with Gasteiger partial charge in [-0.3, -0.25) is 9.59 Å². The average Bonchev–Trinajstić information content (AvgIpc) is 3.17. The van der Waals surface area contributed by atoms with Crippen LogP contribution in [0.2, 0.25) is 5.02 Å². The summed E-state index contributed by atoms with van der Waals surface area (Å²) in [6.45, 7) is 0. The lowest BCUT2D eigenvalue weighted by molar-refractivity contribution is -0.140. The van der Waals surface area contributed by atoms with Gasteiger partial charge >= 0.3 is 12.1 Å². The number of amides is 1. The number of rotatable bonds is 6. The highest BCUT2D eigenvalue weighted by Gasteiger charge is 2.36. The Hall–Kier alpha value is -2.91. The summed E-state index contributed by atoms with van der Waals surface area (Å²) < 4.78 is 40.1. The number of aliphatic carboxylic acids is 1.